The molecule has 2 bridgehead atoms. The highest BCUT2D eigenvalue weighted by Crippen LogP contribution is 2.66. The summed E-state index contributed by atoms with van der Waals surface area (Å²) in [7, 11) is 0. The van der Waals surface area contributed by atoms with Crippen LogP contribution in [-0.2, 0) is 18.3 Å². The molecule has 4 atom stereocenters. The zero-order chi connectivity index (χ0) is 17.0. The topological polar surface area (TPSA) is 57.3 Å². The molecule has 1 spiro atoms. The number of piperidine rings is 1. The molecule has 3 heterocycles. The first-order valence-electron chi connectivity index (χ1n) is 9.62. The zero-order valence-corrected chi connectivity index (χ0v) is 14.4. The summed E-state index contributed by atoms with van der Waals surface area (Å²) in [4.78, 5) is 3.68. The molecule has 1 aromatic heterocycles. The first-order chi connectivity index (χ1) is 12.8. The van der Waals surface area contributed by atoms with Crippen LogP contribution in [0.5, 0.6) is 11.5 Å². The van der Waals surface area contributed by atoms with Gasteiger partial charge in [-0.1, -0.05) is 24.3 Å². The lowest BCUT2D eigenvalue weighted by Crippen LogP contribution is -2.61. The number of H-pyrrole nitrogens is 1. The number of nitrogens with one attached hydrogen (secondary N) is 2. The zero-order valence-electron chi connectivity index (χ0n) is 14.4. The molecule has 4 aliphatic rings. The van der Waals surface area contributed by atoms with Gasteiger partial charge in [0.2, 0.25) is 0 Å². The van der Waals surface area contributed by atoms with Crippen molar-refractivity contribution in [1.82, 2.24) is 10.3 Å². The smallest absolute Gasteiger partial charge is 0.166 e. The van der Waals surface area contributed by atoms with Crippen LogP contribution in [0.25, 0.3) is 10.9 Å². The van der Waals surface area contributed by atoms with E-state index in [0.717, 1.165) is 31.6 Å². The lowest BCUT2D eigenvalue weighted by Gasteiger charge is -2.54. The number of ether oxygens (including phenoxy) is 1. The number of para-hydroxylation sites is 1. The molecular formula is C22H20N2O2. The van der Waals surface area contributed by atoms with Gasteiger partial charge in [-0.3, -0.25) is 0 Å². The predicted molar refractivity (Wildman–Crippen MR) is 98.8 cm³/mol. The fraction of sp³-hybridized carbons (Fsp3) is 0.364. The summed E-state index contributed by atoms with van der Waals surface area (Å²) >= 11 is 0. The van der Waals surface area contributed by atoms with Gasteiger partial charge in [-0.2, -0.15) is 0 Å². The van der Waals surface area contributed by atoms with Crippen molar-refractivity contribution in [3.63, 3.8) is 0 Å². The third-order valence-electron chi connectivity index (χ3n) is 7.46. The second kappa shape index (κ2) is 4.26. The number of benzene rings is 2. The Hall–Kier alpha value is -2.46. The summed E-state index contributed by atoms with van der Waals surface area (Å²) in [6.07, 6.45) is 3.15. The van der Waals surface area contributed by atoms with Gasteiger partial charge >= 0.3 is 0 Å². The lowest BCUT2D eigenvalue weighted by atomic mass is 9.52. The Morgan fingerprint density at radius 3 is 3.00 bits per heavy atom. The molecule has 26 heavy (non-hydrogen) atoms. The molecule has 130 valence electrons. The van der Waals surface area contributed by atoms with Crippen molar-refractivity contribution in [3.8, 4) is 11.5 Å². The fourth-order valence-corrected chi connectivity index (χ4v) is 6.53. The Balaban J connectivity index is 1.59. The van der Waals surface area contributed by atoms with Crippen LogP contribution < -0.4 is 10.1 Å². The largest absolute Gasteiger partial charge is 0.504 e. The highest BCUT2D eigenvalue weighted by Gasteiger charge is 2.64. The summed E-state index contributed by atoms with van der Waals surface area (Å²) in [5, 5.41) is 15.7. The summed E-state index contributed by atoms with van der Waals surface area (Å²) < 4.78 is 6.56. The van der Waals surface area contributed by atoms with Crippen molar-refractivity contribution >= 4 is 10.9 Å². The van der Waals surface area contributed by atoms with E-state index in [1.807, 2.05) is 6.07 Å². The lowest BCUT2D eigenvalue weighted by molar-refractivity contribution is 0.0261. The van der Waals surface area contributed by atoms with Crippen LogP contribution in [0.15, 0.2) is 36.4 Å². The third-order valence-corrected chi connectivity index (χ3v) is 7.46. The maximum absolute atomic E-state index is 10.5. The first-order valence-corrected chi connectivity index (χ1v) is 9.62. The molecule has 4 heteroatoms. The molecule has 2 aromatic carbocycles. The van der Waals surface area contributed by atoms with Crippen LogP contribution in [0.2, 0.25) is 0 Å². The second-order valence-corrected chi connectivity index (χ2v) is 8.37. The number of aromatic amines is 1. The normalized spacial score (nSPS) is 32.8. The van der Waals surface area contributed by atoms with E-state index < -0.39 is 0 Å². The summed E-state index contributed by atoms with van der Waals surface area (Å²) in [6, 6.07) is 13.0. The minimum Gasteiger partial charge on any atom is -0.504 e. The molecule has 0 saturated carbocycles. The number of phenols is 1. The number of fused-ring (bicyclic) bond motifs is 4. The number of rotatable bonds is 0. The minimum atomic E-state index is -0.0180. The number of hydrogen-bond acceptors (Lipinski definition) is 3. The van der Waals surface area contributed by atoms with Gasteiger partial charge in [-0.05, 0) is 55.0 Å². The maximum atomic E-state index is 10.5. The Labute approximate surface area is 151 Å². The van der Waals surface area contributed by atoms with Crippen molar-refractivity contribution in [2.24, 2.45) is 5.92 Å². The molecular weight excluding hydrogens is 324 g/mol. The Bertz CT molecular complexity index is 1100. The van der Waals surface area contributed by atoms with Gasteiger partial charge < -0.3 is 20.1 Å². The quantitative estimate of drug-likeness (QED) is 0.586. The van der Waals surface area contributed by atoms with E-state index in [4.69, 9.17) is 4.74 Å². The van der Waals surface area contributed by atoms with Crippen LogP contribution in [0.1, 0.15) is 34.9 Å². The van der Waals surface area contributed by atoms with E-state index in [9.17, 15) is 5.11 Å². The van der Waals surface area contributed by atoms with Gasteiger partial charge in [-0.25, -0.2) is 0 Å². The SMILES string of the molecule is Oc1ccc2c3c1O[C@H]1c4[nH]c5ccccc5c4C[C@H]4[C@H](C2)NCC[C@]314. The average Bonchev–Trinajstić information content (AvgIpc) is 3.18. The highest BCUT2D eigenvalue weighted by atomic mass is 16.5. The van der Waals surface area contributed by atoms with Crippen molar-refractivity contribution in [1.29, 1.82) is 0 Å². The van der Waals surface area contributed by atoms with Crippen LogP contribution in [-0.4, -0.2) is 22.7 Å². The van der Waals surface area contributed by atoms with Crippen LogP contribution in [0.4, 0.5) is 0 Å². The Morgan fingerprint density at radius 1 is 1.12 bits per heavy atom. The van der Waals surface area contributed by atoms with Gasteiger partial charge in [0, 0.05) is 27.9 Å². The van der Waals surface area contributed by atoms with Crippen LogP contribution in [0, 0.1) is 5.92 Å². The predicted octanol–water partition coefficient (Wildman–Crippen LogP) is 3.34. The van der Waals surface area contributed by atoms with Crippen LogP contribution in [0.3, 0.4) is 0 Å². The van der Waals surface area contributed by atoms with E-state index >= 15 is 0 Å². The van der Waals surface area contributed by atoms with E-state index in [1.54, 1.807) is 0 Å². The molecule has 1 saturated heterocycles. The second-order valence-electron chi connectivity index (χ2n) is 8.37. The number of aromatic nitrogens is 1. The summed E-state index contributed by atoms with van der Waals surface area (Å²) in [5.41, 5.74) is 6.48. The monoisotopic (exact) mass is 344 g/mol. The Morgan fingerprint density at radius 2 is 2.04 bits per heavy atom. The van der Waals surface area contributed by atoms with Gasteiger partial charge in [0.1, 0.15) is 6.10 Å². The number of hydrogen-bond donors (Lipinski definition) is 3. The standard InChI is InChI=1S/C22H20N2O2/c25-17-6-5-11-9-16-14-10-13-12-3-1-2-4-15(12)24-19(13)21-22(14,7-8-23-16)18(11)20(17)26-21/h1-6,14,16,21,23-25H,7-10H2/t14-,16-,21-,22-/m0/s1. The van der Waals surface area contributed by atoms with E-state index in [-0.39, 0.29) is 11.5 Å². The van der Waals surface area contributed by atoms with E-state index in [0.29, 0.717) is 17.7 Å². The Kier molecular flexibility index (Phi) is 2.25. The molecule has 3 aromatic rings. The van der Waals surface area contributed by atoms with Crippen molar-refractivity contribution in [3.05, 3.63) is 58.8 Å². The van der Waals surface area contributed by atoms with Crippen LogP contribution >= 0.6 is 0 Å². The highest BCUT2D eigenvalue weighted by molar-refractivity contribution is 5.85. The molecule has 0 amide bonds. The molecule has 3 N–H and O–H groups in total. The van der Waals surface area contributed by atoms with Gasteiger partial charge in [-0.15, -0.1) is 0 Å². The van der Waals surface area contributed by atoms with Crippen molar-refractivity contribution in [2.75, 3.05) is 6.54 Å². The molecule has 0 radical (unpaired) electrons. The van der Waals surface area contributed by atoms with Crippen molar-refractivity contribution < 1.29 is 9.84 Å². The van der Waals surface area contributed by atoms with Gasteiger partial charge in [0.05, 0.1) is 5.69 Å². The minimum absolute atomic E-state index is 0.00848. The number of phenolic OH excluding ortho intramolecular Hbond substituents is 1. The van der Waals surface area contributed by atoms with E-state index in [1.165, 1.54) is 33.3 Å². The molecule has 2 aliphatic carbocycles. The summed E-state index contributed by atoms with van der Waals surface area (Å²) in [5.74, 6) is 1.55. The molecule has 2 aliphatic heterocycles. The van der Waals surface area contributed by atoms with Gasteiger partial charge in [0.15, 0.2) is 11.5 Å². The average molecular weight is 344 g/mol. The van der Waals surface area contributed by atoms with E-state index in [2.05, 4.69) is 40.6 Å². The maximum Gasteiger partial charge on any atom is 0.166 e. The van der Waals surface area contributed by atoms with Crippen molar-refractivity contribution in [2.45, 2.75) is 36.8 Å². The molecule has 7 rings (SSSR count). The molecule has 0 unspecified atom stereocenters. The molecule has 1 fully saturated rings. The number of aromatic hydroxyl groups is 1. The molecule has 4 nitrogen and oxygen atoms in total. The third kappa shape index (κ3) is 1.33. The first kappa shape index (κ1) is 13.7. The summed E-state index contributed by atoms with van der Waals surface area (Å²) in [6.45, 7) is 1.02. The van der Waals surface area contributed by atoms with Gasteiger partial charge in [0.25, 0.3) is 0 Å². The fourth-order valence-electron chi connectivity index (χ4n) is 6.53.